The molecule has 0 saturated heterocycles. The van der Waals surface area contributed by atoms with E-state index in [9.17, 15) is 0 Å². The van der Waals surface area contributed by atoms with Gasteiger partial charge in [-0.15, -0.1) is 0 Å². The molecule has 0 spiro atoms. The summed E-state index contributed by atoms with van der Waals surface area (Å²) in [5, 5.41) is 6.87. The predicted molar refractivity (Wildman–Crippen MR) is 236 cm³/mol. The summed E-state index contributed by atoms with van der Waals surface area (Å²) in [6.07, 6.45) is 0. The Morgan fingerprint density at radius 2 is 1.02 bits per heavy atom. The van der Waals surface area contributed by atoms with E-state index in [2.05, 4.69) is 137 Å². The fraction of sp³-hybridized carbons (Fsp3) is 0.0196. The van der Waals surface area contributed by atoms with Crippen molar-refractivity contribution in [3.63, 3.8) is 0 Å². The van der Waals surface area contributed by atoms with Crippen LogP contribution in [0.2, 0.25) is 0 Å². The van der Waals surface area contributed by atoms with Gasteiger partial charge in [0.2, 0.25) is 0 Å². The average Bonchev–Trinajstić information content (AvgIpc) is 3.91. The van der Waals surface area contributed by atoms with Crippen molar-refractivity contribution in [1.29, 1.82) is 0 Å². The van der Waals surface area contributed by atoms with Crippen LogP contribution in [0, 0.1) is 0 Å². The summed E-state index contributed by atoms with van der Waals surface area (Å²) in [6, 6.07) is 65.3. The minimum atomic E-state index is 0.411. The number of aromatic nitrogens is 2. The van der Waals surface area contributed by atoms with Crippen LogP contribution in [-0.4, -0.2) is 20.8 Å². The van der Waals surface area contributed by atoms with Crippen molar-refractivity contribution >= 4 is 77.2 Å². The van der Waals surface area contributed by atoms with E-state index in [0.717, 1.165) is 77.3 Å². The van der Waals surface area contributed by atoms with Gasteiger partial charge in [0.25, 0.3) is 0 Å². The molecule has 0 aliphatic carbocycles. The lowest BCUT2D eigenvalue weighted by Gasteiger charge is -2.11. The summed E-state index contributed by atoms with van der Waals surface area (Å²) >= 11 is 0. The van der Waals surface area contributed by atoms with Gasteiger partial charge in [0.15, 0.2) is 5.84 Å². The molecule has 3 aromatic heterocycles. The van der Waals surface area contributed by atoms with Gasteiger partial charge in [0.1, 0.15) is 17.0 Å². The summed E-state index contributed by atoms with van der Waals surface area (Å²) in [4.78, 5) is 10.0. The molecule has 0 unspecified atom stereocenters. The number of amidine groups is 2. The van der Waals surface area contributed by atoms with Gasteiger partial charge in [0, 0.05) is 60.9 Å². The molecule has 0 saturated carbocycles. The van der Waals surface area contributed by atoms with Crippen molar-refractivity contribution in [2.45, 2.75) is 6.54 Å². The van der Waals surface area contributed by atoms with Crippen molar-refractivity contribution in [3.8, 4) is 11.4 Å². The first-order valence-corrected chi connectivity index (χ1v) is 19.1. The molecule has 11 rings (SSSR count). The van der Waals surface area contributed by atoms with Gasteiger partial charge in [-0.25, -0.2) is 4.99 Å². The molecule has 0 radical (unpaired) electrons. The van der Waals surface area contributed by atoms with Gasteiger partial charge in [-0.2, -0.15) is 0 Å². The topological polar surface area (TPSA) is 73.7 Å². The van der Waals surface area contributed by atoms with Crippen LogP contribution in [0.1, 0.15) is 16.7 Å². The molecule has 270 valence electrons. The lowest BCUT2D eigenvalue weighted by molar-refractivity contribution is 0.669. The molecule has 3 heterocycles. The van der Waals surface area contributed by atoms with Crippen LogP contribution in [0.25, 0.3) is 76.9 Å². The van der Waals surface area contributed by atoms with E-state index in [1.807, 2.05) is 60.7 Å². The third-order valence-corrected chi connectivity index (χ3v) is 11.0. The molecule has 6 nitrogen and oxygen atoms in total. The van der Waals surface area contributed by atoms with E-state index in [0.29, 0.717) is 18.2 Å². The summed E-state index contributed by atoms with van der Waals surface area (Å²) in [7, 11) is 0. The van der Waals surface area contributed by atoms with Crippen molar-refractivity contribution in [3.05, 3.63) is 205 Å². The Morgan fingerprint density at radius 1 is 0.439 bits per heavy atom. The predicted octanol–water partition coefficient (Wildman–Crippen LogP) is 12.1. The number of nitrogens with two attached hydrogens (primary N) is 1. The Bertz CT molecular complexity index is 3370. The van der Waals surface area contributed by atoms with Gasteiger partial charge in [-0.05, 0) is 60.2 Å². The van der Waals surface area contributed by atoms with Crippen LogP contribution in [0.4, 0.5) is 0 Å². The SMILES string of the molecule is NC(=NC(=NCc1ccccc1)c1cccc(-n2c3cc4oc5ccccc5c4cc3c3cc4c(cc32)c2ccccc2n4-c2ccccc2)c1)c1ccccc1. The Hall–Kier alpha value is -7.70. The highest BCUT2D eigenvalue weighted by Crippen LogP contribution is 2.42. The third kappa shape index (κ3) is 5.49. The van der Waals surface area contributed by atoms with E-state index >= 15 is 0 Å². The number of fused-ring (bicyclic) bond motifs is 9. The molecule has 11 aromatic rings. The van der Waals surface area contributed by atoms with Crippen LogP contribution < -0.4 is 5.73 Å². The minimum Gasteiger partial charge on any atom is -0.456 e. The maximum Gasteiger partial charge on any atom is 0.157 e. The number of para-hydroxylation sites is 3. The standard InChI is InChI=1S/C51H35N5O/c52-50(34-17-6-2-7-18-34)54-51(53-32-33-15-4-1-5-16-33)35-19-14-22-37(27-35)56-46-29-41-38-23-10-12-25-44(38)55(36-20-8-3-9-21-36)45(41)30-42(46)40-28-43-39-24-11-13-26-48(39)57-49(43)31-47(40)56/h1-31H,32H2,(H2,52,53,54). The molecule has 0 fully saturated rings. The largest absolute Gasteiger partial charge is 0.456 e. The maximum absolute atomic E-state index is 6.66. The van der Waals surface area contributed by atoms with Gasteiger partial charge in [0.05, 0.1) is 28.6 Å². The first-order valence-electron chi connectivity index (χ1n) is 19.1. The van der Waals surface area contributed by atoms with Crippen molar-refractivity contribution in [1.82, 2.24) is 9.13 Å². The molecule has 8 aromatic carbocycles. The molecular weight excluding hydrogens is 699 g/mol. The molecular formula is C51H35N5O. The second-order valence-corrected chi connectivity index (χ2v) is 14.4. The lowest BCUT2D eigenvalue weighted by atomic mass is 10.1. The number of aliphatic imine (C=N–C) groups is 2. The van der Waals surface area contributed by atoms with Gasteiger partial charge in [-0.3, -0.25) is 4.99 Å². The molecule has 0 aliphatic rings. The number of benzene rings is 8. The monoisotopic (exact) mass is 733 g/mol. The second-order valence-electron chi connectivity index (χ2n) is 14.4. The van der Waals surface area contributed by atoms with Crippen LogP contribution in [0.15, 0.2) is 202 Å². The number of rotatable bonds is 6. The number of furan rings is 1. The zero-order chi connectivity index (χ0) is 37.9. The molecule has 0 bridgehead atoms. The van der Waals surface area contributed by atoms with Crippen LogP contribution in [0.5, 0.6) is 0 Å². The third-order valence-electron chi connectivity index (χ3n) is 11.0. The van der Waals surface area contributed by atoms with Gasteiger partial charge < -0.3 is 19.3 Å². The van der Waals surface area contributed by atoms with E-state index < -0.39 is 0 Å². The highest BCUT2D eigenvalue weighted by Gasteiger charge is 2.21. The zero-order valence-electron chi connectivity index (χ0n) is 30.9. The molecule has 0 atom stereocenters. The van der Waals surface area contributed by atoms with Crippen LogP contribution in [-0.2, 0) is 6.54 Å². The number of hydrogen-bond donors (Lipinski definition) is 1. The quantitative estimate of drug-likeness (QED) is 0.136. The summed E-state index contributed by atoms with van der Waals surface area (Å²) < 4.78 is 11.2. The lowest BCUT2D eigenvalue weighted by Crippen LogP contribution is -2.16. The van der Waals surface area contributed by atoms with E-state index in [4.69, 9.17) is 20.1 Å². The maximum atomic E-state index is 6.66. The smallest absolute Gasteiger partial charge is 0.157 e. The zero-order valence-corrected chi connectivity index (χ0v) is 30.9. The Morgan fingerprint density at radius 3 is 1.81 bits per heavy atom. The van der Waals surface area contributed by atoms with Crippen molar-refractivity contribution in [2.75, 3.05) is 0 Å². The first-order chi connectivity index (χ1) is 28.2. The number of hydrogen-bond acceptors (Lipinski definition) is 2. The van der Waals surface area contributed by atoms with Gasteiger partial charge in [-0.1, -0.05) is 127 Å². The highest BCUT2D eigenvalue weighted by molar-refractivity contribution is 6.22. The molecule has 2 N–H and O–H groups in total. The normalized spacial score (nSPS) is 12.6. The first kappa shape index (κ1) is 32.7. The summed E-state index contributed by atoms with van der Waals surface area (Å²) in [6.45, 7) is 0.467. The Labute approximate surface area is 328 Å². The molecule has 0 amide bonds. The second kappa shape index (κ2) is 13.3. The fourth-order valence-corrected chi connectivity index (χ4v) is 8.34. The molecule has 57 heavy (non-hydrogen) atoms. The van der Waals surface area contributed by atoms with Crippen LogP contribution in [0.3, 0.4) is 0 Å². The fourth-order valence-electron chi connectivity index (χ4n) is 8.34. The highest BCUT2D eigenvalue weighted by atomic mass is 16.3. The van der Waals surface area contributed by atoms with Crippen LogP contribution >= 0.6 is 0 Å². The van der Waals surface area contributed by atoms with Crippen molar-refractivity contribution < 1.29 is 4.42 Å². The Balaban J connectivity index is 1.19. The van der Waals surface area contributed by atoms with Crippen molar-refractivity contribution in [2.24, 2.45) is 15.7 Å². The van der Waals surface area contributed by atoms with E-state index in [1.54, 1.807) is 0 Å². The Kier molecular flexibility index (Phi) is 7.60. The number of nitrogens with zero attached hydrogens (tertiary/aromatic N) is 4. The molecule has 0 aliphatic heterocycles. The summed E-state index contributed by atoms with van der Waals surface area (Å²) in [5.74, 6) is 0.977. The molecule has 6 heteroatoms. The van der Waals surface area contributed by atoms with E-state index in [1.165, 1.54) is 16.3 Å². The van der Waals surface area contributed by atoms with Gasteiger partial charge >= 0.3 is 0 Å². The van der Waals surface area contributed by atoms with E-state index in [-0.39, 0.29) is 0 Å². The minimum absolute atomic E-state index is 0.411. The summed E-state index contributed by atoms with van der Waals surface area (Å²) in [5.41, 5.74) is 17.8. The average molecular weight is 734 g/mol.